The van der Waals surface area contributed by atoms with E-state index in [4.69, 9.17) is 9.26 Å². The fourth-order valence-corrected chi connectivity index (χ4v) is 1.85. The van der Waals surface area contributed by atoms with Crippen molar-refractivity contribution in [3.05, 3.63) is 42.1 Å². The van der Waals surface area contributed by atoms with Gasteiger partial charge in [0.05, 0.1) is 6.61 Å². The smallest absolute Gasteiger partial charge is 0.407 e. The molecule has 1 heterocycles. The summed E-state index contributed by atoms with van der Waals surface area (Å²) in [5.74, 6) is 0.441. The van der Waals surface area contributed by atoms with Gasteiger partial charge in [0.15, 0.2) is 11.5 Å². The second-order valence-electron chi connectivity index (χ2n) is 5.62. The molecule has 0 fully saturated rings. The van der Waals surface area contributed by atoms with E-state index >= 15 is 0 Å². The first-order chi connectivity index (χ1) is 11.6. The number of aromatic nitrogens is 1. The van der Waals surface area contributed by atoms with Crippen molar-refractivity contribution in [3.63, 3.8) is 0 Å². The molecular formula is C17H21N3O4. The van der Waals surface area contributed by atoms with E-state index in [-0.39, 0.29) is 30.6 Å². The molecule has 0 bridgehead atoms. The predicted molar refractivity (Wildman–Crippen MR) is 88.5 cm³/mol. The molecule has 1 aromatic heterocycles. The molecule has 128 valence electrons. The second-order valence-corrected chi connectivity index (χ2v) is 5.62. The Balaban J connectivity index is 1.73. The molecule has 2 N–H and O–H groups in total. The number of carbonyl (C=O) groups excluding carboxylic acids is 2. The first kappa shape index (κ1) is 17.5. The lowest BCUT2D eigenvalue weighted by atomic mass is 10.1. The minimum Gasteiger partial charge on any atom is -0.449 e. The minimum atomic E-state index is -0.495. The Hall–Kier alpha value is -2.83. The van der Waals surface area contributed by atoms with Crippen molar-refractivity contribution < 1.29 is 18.8 Å². The van der Waals surface area contributed by atoms with Gasteiger partial charge in [0, 0.05) is 24.7 Å². The average Bonchev–Trinajstić information content (AvgIpc) is 3.07. The summed E-state index contributed by atoms with van der Waals surface area (Å²) in [5.41, 5.74) is 1.04. The third-order valence-electron chi connectivity index (χ3n) is 3.03. The molecule has 0 atom stereocenters. The summed E-state index contributed by atoms with van der Waals surface area (Å²) in [7, 11) is 0. The SMILES string of the molecule is CC(C)COC(=O)NCCNC(=O)c1cc(-c2ccccc2)on1. The summed E-state index contributed by atoms with van der Waals surface area (Å²) in [6.45, 7) is 4.80. The van der Waals surface area contributed by atoms with Gasteiger partial charge in [0.2, 0.25) is 0 Å². The van der Waals surface area contributed by atoms with Gasteiger partial charge in [0.25, 0.3) is 5.91 Å². The van der Waals surface area contributed by atoms with Crippen molar-refractivity contribution in [2.45, 2.75) is 13.8 Å². The summed E-state index contributed by atoms with van der Waals surface area (Å²) in [6, 6.07) is 11.0. The first-order valence-electron chi connectivity index (χ1n) is 7.77. The van der Waals surface area contributed by atoms with Gasteiger partial charge >= 0.3 is 6.09 Å². The van der Waals surface area contributed by atoms with Crippen LogP contribution in [0, 0.1) is 5.92 Å². The number of nitrogens with zero attached hydrogens (tertiary/aromatic N) is 1. The van der Waals surface area contributed by atoms with Crippen LogP contribution in [0.2, 0.25) is 0 Å². The molecule has 0 saturated heterocycles. The van der Waals surface area contributed by atoms with Crippen LogP contribution in [0.4, 0.5) is 4.79 Å². The topological polar surface area (TPSA) is 93.5 Å². The first-order valence-corrected chi connectivity index (χ1v) is 7.77. The van der Waals surface area contributed by atoms with E-state index in [1.165, 1.54) is 0 Å². The Morgan fingerprint density at radius 3 is 2.58 bits per heavy atom. The zero-order valence-corrected chi connectivity index (χ0v) is 13.7. The average molecular weight is 331 g/mol. The molecule has 0 aliphatic heterocycles. The van der Waals surface area contributed by atoms with E-state index in [9.17, 15) is 9.59 Å². The van der Waals surface area contributed by atoms with Crippen LogP contribution in [0.25, 0.3) is 11.3 Å². The number of alkyl carbamates (subject to hydrolysis) is 1. The minimum absolute atomic E-state index is 0.191. The normalized spacial score (nSPS) is 10.5. The molecule has 1 aromatic carbocycles. The van der Waals surface area contributed by atoms with Gasteiger partial charge in [-0.25, -0.2) is 4.79 Å². The van der Waals surface area contributed by atoms with Crippen LogP contribution >= 0.6 is 0 Å². The van der Waals surface area contributed by atoms with Crippen LogP contribution in [0.15, 0.2) is 40.9 Å². The van der Waals surface area contributed by atoms with Gasteiger partial charge in [-0.05, 0) is 5.92 Å². The maximum absolute atomic E-state index is 12.0. The van der Waals surface area contributed by atoms with Gasteiger partial charge in [-0.2, -0.15) is 0 Å². The van der Waals surface area contributed by atoms with E-state index in [2.05, 4.69) is 15.8 Å². The van der Waals surface area contributed by atoms with E-state index in [1.54, 1.807) is 6.07 Å². The van der Waals surface area contributed by atoms with Crippen molar-refractivity contribution in [3.8, 4) is 11.3 Å². The molecule has 0 saturated carbocycles. The second kappa shape index (κ2) is 8.71. The lowest BCUT2D eigenvalue weighted by molar-refractivity contribution is 0.0942. The molecule has 0 aliphatic carbocycles. The summed E-state index contributed by atoms with van der Waals surface area (Å²) < 4.78 is 10.1. The fraction of sp³-hybridized carbons (Fsp3) is 0.353. The molecule has 24 heavy (non-hydrogen) atoms. The molecule has 0 aliphatic rings. The maximum Gasteiger partial charge on any atom is 0.407 e. The third-order valence-corrected chi connectivity index (χ3v) is 3.03. The van der Waals surface area contributed by atoms with Gasteiger partial charge in [-0.3, -0.25) is 4.79 Å². The summed E-state index contributed by atoms with van der Waals surface area (Å²) >= 11 is 0. The van der Waals surface area contributed by atoms with Crippen LogP contribution in [-0.2, 0) is 4.74 Å². The van der Waals surface area contributed by atoms with Crippen molar-refractivity contribution in [2.24, 2.45) is 5.92 Å². The molecule has 2 aromatic rings. The highest BCUT2D eigenvalue weighted by atomic mass is 16.5. The van der Waals surface area contributed by atoms with Crippen molar-refractivity contribution >= 4 is 12.0 Å². The molecule has 0 unspecified atom stereocenters. The van der Waals surface area contributed by atoms with Crippen LogP contribution in [0.1, 0.15) is 24.3 Å². The van der Waals surface area contributed by atoms with Crippen LogP contribution < -0.4 is 10.6 Å². The fourth-order valence-electron chi connectivity index (χ4n) is 1.85. The standard InChI is InChI=1S/C17H21N3O4/c1-12(2)11-23-17(22)19-9-8-18-16(21)14-10-15(24-20-14)13-6-4-3-5-7-13/h3-7,10,12H,8-9,11H2,1-2H3,(H,18,21)(H,19,22). The third kappa shape index (κ3) is 5.42. The highest BCUT2D eigenvalue weighted by Gasteiger charge is 2.13. The van der Waals surface area contributed by atoms with Crippen molar-refractivity contribution in [1.29, 1.82) is 0 Å². The molecule has 2 rings (SSSR count). The number of benzene rings is 1. The van der Waals surface area contributed by atoms with E-state index in [0.29, 0.717) is 12.4 Å². The number of rotatable bonds is 7. The van der Waals surface area contributed by atoms with Crippen molar-refractivity contribution in [2.75, 3.05) is 19.7 Å². The van der Waals surface area contributed by atoms with Crippen LogP contribution in [0.3, 0.4) is 0 Å². The highest BCUT2D eigenvalue weighted by molar-refractivity contribution is 5.93. The molecule has 7 nitrogen and oxygen atoms in total. The van der Waals surface area contributed by atoms with Gasteiger partial charge in [-0.1, -0.05) is 49.3 Å². The Labute approximate surface area is 140 Å². The lowest BCUT2D eigenvalue weighted by Gasteiger charge is -2.08. The van der Waals surface area contributed by atoms with E-state index in [1.807, 2.05) is 44.2 Å². The van der Waals surface area contributed by atoms with Gasteiger partial charge < -0.3 is 19.9 Å². The largest absolute Gasteiger partial charge is 0.449 e. The summed E-state index contributed by atoms with van der Waals surface area (Å²) in [6.07, 6.45) is -0.495. The molecule has 2 amide bonds. The van der Waals surface area contributed by atoms with Crippen LogP contribution in [-0.4, -0.2) is 36.9 Å². The zero-order valence-electron chi connectivity index (χ0n) is 13.7. The molecule has 0 spiro atoms. The predicted octanol–water partition coefficient (Wildman–Crippen LogP) is 2.45. The molecule has 7 heteroatoms. The Morgan fingerprint density at radius 2 is 1.88 bits per heavy atom. The number of ether oxygens (including phenoxy) is 1. The maximum atomic E-state index is 12.0. The Kier molecular flexibility index (Phi) is 6.36. The summed E-state index contributed by atoms with van der Waals surface area (Å²) in [4.78, 5) is 23.3. The molecule has 0 radical (unpaired) electrons. The lowest BCUT2D eigenvalue weighted by Crippen LogP contribution is -2.35. The van der Waals surface area contributed by atoms with E-state index in [0.717, 1.165) is 5.56 Å². The zero-order chi connectivity index (χ0) is 17.4. The Bertz CT molecular complexity index is 667. The number of hydrogen-bond donors (Lipinski definition) is 2. The van der Waals surface area contributed by atoms with Gasteiger partial charge in [-0.15, -0.1) is 0 Å². The summed E-state index contributed by atoms with van der Waals surface area (Å²) in [5, 5.41) is 8.96. The van der Waals surface area contributed by atoms with Crippen molar-refractivity contribution in [1.82, 2.24) is 15.8 Å². The number of carbonyl (C=O) groups is 2. The van der Waals surface area contributed by atoms with Gasteiger partial charge in [0.1, 0.15) is 0 Å². The number of hydrogen-bond acceptors (Lipinski definition) is 5. The Morgan fingerprint density at radius 1 is 1.17 bits per heavy atom. The molecular weight excluding hydrogens is 310 g/mol. The highest BCUT2D eigenvalue weighted by Crippen LogP contribution is 2.19. The quantitative estimate of drug-likeness (QED) is 0.760. The van der Waals surface area contributed by atoms with E-state index < -0.39 is 6.09 Å². The number of nitrogens with one attached hydrogen (secondary N) is 2. The number of amides is 2. The monoisotopic (exact) mass is 331 g/mol. The van der Waals surface area contributed by atoms with Crippen LogP contribution in [0.5, 0.6) is 0 Å².